The Morgan fingerprint density at radius 3 is 2.75 bits per heavy atom. The van der Waals surface area contributed by atoms with E-state index in [0.29, 0.717) is 6.10 Å². The van der Waals surface area contributed by atoms with Crippen molar-refractivity contribution in [3.8, 4) is 5.75 Å². The van der Waals surface area contributed by atoms with Crippen molar-refractivity contribution in [2.24, 2.45) is 5.73 Å². The second kappa shape index (κ2) is 5.58. The Balaban J connectivity index is 1.88. The molecule has 0 amide bonds. The Bertz CT molecular complexity index is 622. The van der Waals surface area contributed by atoms with Crippen molar-refractivity contribution < 1.29 is 4.74 Å². The van der Waals surface area contributed by atoms with Gasteiger partial charge >= 0.3 is 0 Å². The third kappa shape index (κ3) is 3.05. The van der Waals surface area contributed by atoms with Gasteiger partial charge in [-0.1, -0.05) is 34.1 Å². The van der Waals surface area contributed by atoms with Crippen molar-refractivity contribution >= 4 is 15.9 Å². The monoisotopic (exact) mass is 331 g/mol. The van der Waals surface area contributed by atoms with Crippen LogP contribution in [-0.4, -0.2) is 6.10 Å². The molecule has 3 heteroatoms. The predicted octanol–water partition coefficient (Wildman–Crippen LogP) is 4.35. The van der Waals surface area contributed by atoms with E-state index in [2.05, 4.69) is 47.1 Å². The SMILES string of the molecule is Cc1ccc(Br)cc1C(N)c1cccc(OC2CC2)c1. The van der Waals surface area contributed by atoms with Gasteiger partial charge in [0.05, 0.1) is 12.1 Å². The van der Waals surface area contributed by atoms with Crippen LogP contribution in [0, 0.1) is 6.92 Å². The van der Waals surface area contributed by atoms with Crippen LogP contribution in [0.1, 0.15) is 35.6 Å². The molecule has 1 aliphatic carbocycles. The van der Waals surface area contributed by atoms with Crippen LogP contribution >= 0.6 is 15.9 Å². The highest BCUT2D eigenvalue weighted by Gasteiger charge is 2.23. The number of nitrogens with two attached hydrogens (primary N) is 1. The van der Waals surface area contributed by atoms with Crippen LogP contribution in [0.5, 0.6) is 5.75 Å². The first-order chi connectivity index (χ1) is 9.63. The van der Waals surface area contributed by atoms with Gasteiger partial charge in [-0.15, -0.1) is 0 Å². The lowest BCUT2D eigenvalue weighted by atomic mass is 9.96. The molecule has 0 bridgehead atoms. The second-order valence-electron chi connectivity index (χ2n) is 5.37. The average molecular weight is 332 g/mol. The summed E-state index contributed by atoms with van der Waals surface area (Å²) in [5.74, 6) is 0.924. The fourth-order valence-corrected chi connectivity index (χ4v) is 2.66. The summed E-state index contributed by atoms with van der Waals surface area (Å²) in [6.07, 6.45) is 2.75. The largest absolute Gasteiger partial charge is 0.490 e. The molecule has 0 heterocycles. The van der Waals surface area contributed by atoms with Crippen LogP contribution in [0.3, 0.4) is 0 Å². The van der Waals surface area contributed by atoms with Crippen molar-refractivity contribution in [3.63, 3.8) is 0 Å². The van der Waals surface area contributed by atoms with E-state index in [1.807, 2.05) is 18.2 Å². The molecular formula is C17H18BrNO. The fourth-order valence-electron chi connectivity index (χ4n) is 2.29. The molecule has 0 radical (unpaired) electrons. The molecule has 3 rings (SSSR count). The van der Waals surface area contributed by atoms with E-state index in [-0.39, 0.29) is 6.04 Å². The predicted molar refractivity (Wildman–Crippen MR) is 85.0 cm³/mol. The summed E-state index contributed by atoms with van der Waals surface area (Å²) in [4.78, 5) is 0. The lowest BCUT2D eigenvalue weighted by Crippen LogP contribution is -2.13. The van der Waals surface area contributed by atoms with Gasteiger partial charge in [0.1, 0.15) is 5.75 Å². The first-order valence-electron chi connectivity index (χ1n) is 6.92. The molecule has 2 N–H and O–H groups in total. The van der Waals surface area contributed by atoms with Crippen LogP contribution in [0.4, 0.5) is 0 Å². The Hall–Kier alpha value is -1.32. The zero-order valence-electron chi connectivity index (χ0n) is 11.5. The Morgan fingerprint density at radius 2 is 2.00 bits per heavy atom. The summed E-state index contributed by atoms with van der Waals surface area (Å²) in [6, 6.07) is 14.2. The van der Waals surface area contributed by atoms with Gasteiger partial charge in [-0.2, -0.15) is 0 Å². The lowest BCUT2D eigenvalue weighted by Gasteiger charge is -2.17. The minimum Gasteiger partial charge on any atom is -0.490 e. The van der Waals surface area contributed by atoms with Crippen molar-refractivity contribution in [1.29, 1.82) is 0 Å². The van der Waals surface area contributed by atoms with Crippen LogP contribution in [0.25, 0.3) is 0 Å². The van der Waals surface area contributed by atoms with Crippen molar-refractivity contribution in [1.82, 2.24) is 0 Å². The summed E-state index contributed by atoms with van der Waals surface area (Å²) < 4.78 is 6.90. The maximum Gasteiger partial charge on any atom is 0.120 e. The second-order valence-corrected chi connectivity index (χ2v) is 6.28. The van der Waals surface area contributed by atoms with E-state index < -0.39 is 0 Å². The van der Waals surface area contributed by atoms with Crippen molar-refractivity contribution in [3.05, 3.63) is 63.6 Å². The molecule has 1 fully saturated rings. The molecule has 1 aliphatic rings. The Morgan fingerprint density at radius 1 is 1.20 bits per heavy atom. The fraction of sp³-hybridized carbons (Fsp3) is 0.294. The summed E-state index contributed by atoms with van der Waals surface area (Å²) in [7, 11) is 0. The number of hydrogen-bond donors (Lipinski definition) is 1. The number of hydrogen-bond acceptors (Lipinski definition) is 2. The lowest BCUT2D eigenvalue weighted by molar-refractivity contribution is 0.303. The van der Waals surface area contributed by atoms with Crippen molar-refractivity contribution in [2.45, 2.75) is 31.9 Å². The number of rotatable bonds is 4. The van der Waals surface area contributed by atoms with E-state index in [1.165, 1.54) is 18.4 Å². The quantitative estimate of drug-likeness (QED) is 0.904. The van der Waals surface area contributed by atoms with Gasteiger partial charge in [0.25, 0.3) is 0 Å². The Kier molecular flexibility index (Phi) is 3.81. The van der Waals surface area contributed by atoms with E-state index in [1.54, 1.807) is 0 Å². The maximum absolute atomic E-state index is 6.42. The van der Waals surface area contributed by atoms with E-state index >= 15 is 0 Å². The van der Waals surface area contributed by atoms with E-state index in [9.17, 15) is 0 Å². The molecule has 20 heavy (non-hydrogen) atoms. The van der Waals surface area contributed by atoms with Gasteiger partial charge in [0.2, 0.25) is 0 Å². The summed E-state index contributed by atoms with van der Waals surface area (Å²) >= 11 is 3.51. The normalized spacial score (nSPS) is 15.9. The van der Waals surface area contributed by atoms with E-state index in [0.717, 1.165) is 21.3 Å². The summed E-state index contributed by atoms with van der Waals surface area (Å²) in [5.41, 5.74) is 9.86. The molecule has 0 saturated heterocycles. The molecule has 2 nitrogen and oxygen atoms in total. The number of halogens is 1. The van der Waals surface area contributed by atoms with Crippen LogP contribution < -0.4 is 10.5 Å². The standard InChI is InChI=1S/C17H18BrNO/c1-11-5-6-13(18)10-16(11)17(19)12-3-2-4-15(9-12)20-14-7-8-14/h2-6,9-10,14,17H,7-8,19H2,1H3. The highest BCUT2D eigenvalue weighted by atomic mass is 79.9. The molecular weight excluding hydrogens is 314 g/mol. The van der Waals surface area contributed by atoms with E-state index in [4.69, 9.17) is 10.5 Å². The number of aryl methyl sites for hydroxylation is 1. The highest BCUT2D eigenvalue weighted by Crippen LogP contribution is 2.30. The minimum atomic E-state index is -0.129. The third-order valence-electron chi connectivity index (χ3n) is 3.62. The molecule has 104 valence electrons. The first-order valence-corrected chi connectivity index (χ1v) is 7.71. The molecule has 2 aromatic rings. The molecule has 1 atom stereocenters. The first kappa shape index (κ1) is 13.7. The van der Waals surface area contributed by atoms with Gasteiger partial charge in [0.15, 0.2) is 0 Å². The topological polar surface area (TPSA) is 35.2 Å². The Labute approximate surface area is 128 Å². The molecule has 0 aromatic heterocycles. The zero-order chi connectivity index (χ0) is 14.1. The molecule has 1 unspecified atom stereocenters. The average Bonchev–Trinajstić information content (AvgIpc) is 3.25. The molecule has 2 aromatic carbocycles. The molecule has 1 saturated carbocycles. The van der Waals surface area contributed by atoms with Crippen molar-refractivity contribution in [2.75, 3.05) is 0 Å². The van der Waals surface area contributed by atoms with Crippen LogP contribution in [0.2, 0.25) is 0 Å². The van der Waals surface area contributed by atoms with Gasteiger partial charge < -0.3 is 10.5 Å². The summed E-state index contributed by atoms with van der Waals surface area (Å²) in [5, 5.41) is 0. The number of ether oxygens (including phenoxy) is 1. The minimum absolute atomic E-state index is 0.129. The third-order valence-corrected chi connectivity index (χ3v) is 4.11. The van der Waals surface area contributed by atoms with Crippen LogP contribution in [0.15, 0.2) is 46.9 Å². The van der Waals surface area contributed by atoms with Gasteiger partial charge in [0, 0.05) is 4.47 Å². The molecule has 0 aliphatic heterocycles. The number of benzene rings is 2. The smallest absolute Gasteiger partial charge is 0.120 e. The van der Waals surface area contributed by atoms with Gasteiger partial charge in [-0.05, 0) is 60.7 Å². The molecule has 0 spiro atoms. The van der Waals surface area contributed by atoms with Gasteiger partial charge in [-0.25, -0.2) is 0 Å². The zero-order valence-corrected chi connectivity index (χ0v) is 13.1. The maximum atomic E-state index is 6.42. The van der Waals surface area contributed by atoms with Gasteiger partial charge in [-0.3, -0.25) is 0 Å². The highest BCUT2D eigenvalue weighted by molar-refractivity contribution is 9.10. The summed E-state index contributed by atoms with van der Waals surface area (Å²) in [6.45, 7) is 2.09. The van der Waals surface area contributed by atoms with Crippen LogP contribution in [-0.2, 0) is 0 Å².